The van der Waals surface area contributed by atoms with Gasteiger partial charge in [-0.05, 0) is 36.4 Å². The van der Waals surface area contributed by atoms with Crippen molar-refractivity contribution in [2.45, 2.75) is 11.3 Å². The molecule has 152 valence electrons. The summed E-state index contributed by atoms with van der Waals surface area (Å²) >= 11 is 0. The largest absolute Gasteiger partial charge is 0.573 e. The van der Waals surface area contributed by atoms with Crippen molar-refractivity contribution in [1.82, 2.24) is 9.21 Å². The highest BCUT2D eigenvalue weighted by molar-refractivity contribution is 7.89. The highest BCUT2D eigenvalue weighted by Gasteiger charge is 2.32. The molecule has 0 atom stereocenters. The van der Waals surface area contributed by atoms with Crippen LogP contribution >= 0.6 is 0 Å². The maximum absolute atomic E-state index is 12.7. The number of rotatable bonds is 6. The lowest BCUT2D eigenvalue weighted by molar-refractivity contribution is -0.274. The Morgan fingerprint density at radius 2 is 1.71 bits per heavy atom. The zero-order valence-corrected chi connectivity index (χ0v) is 15.4. The minimum atomic E-state index is -4.84. The molecule has 0 aliphatic carbocycles. The SMILES string of the molecule is O=C(CN1CCN(S(=O)(=O)c2ccc(OC(F)(F)F)cc2)CC1)c1ccco1. The minimum absolute atomic E-state index is 0.116. The van der Waals surface area contributed by atoms with Crippen molar-refractivity contribution in [3.63, 3.8) is 0 Å². The summed E-state index contributed by atoms with van der Waals surface area (Å²) in [5.74, 6) is -0.439. The molecule has 0 unspecified atom stereocenters. The first kappa shape index (κ1) is 20.4. The van der Waals surface area contributed by atoms with Gasteiger partial charge < -0.3 is 9.15 Å². The summed E-state index contributed by atoms with van der Waals surface area (Å²) in [6.07, 6.45) is -3.44. The Bertz CT molecular complexity index is 903. The van der Waals surface area contributed by atoms with Crippen LogP contribution in [0.15, 0.2) is 52.0 Å². The number of sulfonamides is 1. The molecule has 1 aromatic carbocycles. The number of alkyl halides is 3. The molecule has 0 spiro atoms. The van der Waals surface area contributed by atoms with Crippen LogP contribution in [-0.2, 0) is 10.0 Å². The van der Waals surface area contributed by atoms with Gasteiger partial charge in [-0.2, -0.15) is 4.31 Å². The zero-order valence-electron chi connectivity index (χ0n) is 14.6. The summed E-state index contributed by atoms with van der Waals surface area (Å²) in [5, 5.41) is 0. The number of ketones is 1. The summed E-state index contributed by atoms with van der Waals surface area (Å²) in [5.41, 5.74) is 0. The molecule has 0 N–H and O–H groups in total. The van der Waals surface area contributed by atoms with Crippen molar-refractivity contribution in [1.29, 1.82) is 0 Å². The van der Waals surface area contributed by atoms with Crippen molar-refractivity contribution in [3.8, 4) is 5.75 Å². The summed E-state index contributed by atoms with van der Waals surface area (Å²) < 4.78 is 71.9. The molecule has 1 saturated heterocycles. The average Bonchev–Trinajstić information content (AvgIpc) is 3.16. The molecule has 7 nitrogen and oxygen atoms in total. The molecule has 1 fully saturated rings. The van der Waals surface area contributed by atoms with E-state index in [2.05, 4.69) is 4.74 Å². The highest BCUT2D eigenvalue weighted by atomic mass is 32.2. The van der Waals surface area contributed by atoms with Crippen molar-refractivity contribution in [2.24, 2.45) is 0 Å². The maximum atomic E-state index is 12.7. The highest BCUT2D eigenvalue weighted by Crippen LogP contribution is 2.25. The Morgan fingerprint density at radius 1 is 1.07 bits per heavy atom. The minimum Gasteiger partial charge on any atom is -0.461 e. The molecule has 1 aliphatic rings. The quantitative estimate of drug-likeness (QED) is 0.670. The van der Waals surface area contributed by atoms with Gasteiger partial charge in [0.15, 0.2) is 5.76 Å². The van der Waals surface area contributed by atoms with Crippen LogP contribution in [0.4, 0.5) is 13.2 Å². The zero-order chi connectivity index (χ0) is 20.4. The van der Waals surface area contributed by atoms with Crippen molar-refractivity contribution in [3.05, 3.63) is 48.4 Å². The Kier molecular flexibility index (Phi) is 5.77. The van der Waals surface area contributed by atoms with Crippen LogP contribution < -0.4 is 4.74 Å². The average molecular weight is 418 g/mol. The molecule has 2 aromatic rings. The van der Waals surface area contributed by atoms with E-state index in [0.29, 0.717) is 13.1 Å². The molecule has 0 radical (unpaired) electrons. The van der Waals surface area contributed by atoms with Crippen LogP contribution in [0.1, 0.15) is 10.6 Å². The number of benzene rings is 1. The molecule has 1 aliphatic heterocycles. The third kappa shape index (κ3) is 4.91. The van der Waals surface area contributed by atoms with Gasteiger partial charge in [0.05, 0.1) is 17.7 Å². The number of furan rings is 1. The van der Waals surface area contributed by atoms with Crippen LogP contribution in [0.3, 0.4) is 0 Å². The fourth-order valence-corrected chi connectivity index (χ4v) is 4.23. The first-order valence-corrected chi connectivity index (χ1v) is 9.74. The van der Waals surface area contributed by atoms with Gasteiger partial charge >= 0.3 is 6.36 Å². The maximum Gasteiger partial charge on any atom is 0.573 e. The van der Waals surface area contributed by atoms with Crippen LogP contribution in [0.25, 0.3) is 0 Å². The normalized spacial score (nSPS) is 16.8. The monoisotopic (exact) mass is 418 g/mol. The Labute approximate surface area is 159 Å². The lowest BCUT2D eigenvalue weighted by Crippen LogP contribution is -2.49. The van der Waals surface area contributed by atoms with Crippen molar-refractivity contribution < 1.29 is 35.5 Å². The van der Waals surface area contributed by atoms with E-state index in [1.807, 2.05) is 4.90 Å². The van der Waals surface area contributed by atoms with E-state index in [0.717, 1.165) is 24.3 Å². The van der Waals surface area contributed by atoms with Gasteiger partial charge in [-0.3, -0.25) is 9.69 Å². The van der Waals surface area contributed by atoms with Gasteiger partial charge in [0.2, 0.25) is 15.8 Å². The Morgan fingerprint density at radius 3 is 2.25 bits per heavy atom. The van der Waals surface area contributed by atoms with Crippen LogP contribution in [-0.4, -0.2) is 62.5 Å². The van der Waals surface area contributed by atoms with Gasteiger partial charge in [-0.15, -0.1) is 13.2 Å². The van der Waals surface area contributed by atoms with Crippen LogP contribution in [0.2, 0.25) is 0 Å². The van der Waals surface area contributed by atoms with Crippen LogP contribution in [0.5, 0.6) is 5.75 Å². The number of piperazine rings is 1. The molecule has 3 rings (SSSR count). The molecule has 0 saturated carbocycles. The van der Waals surface area contributed by atoms with E-state index >= 15 is 0 Å². The predicted molar refractivity (Wildman–Crippen MR) is 91.4 cm³/mol. The van der Waals surface area contributed by atoms with Gasteiger partial charge in [0, 0.05) is 26.2 Å². The fraction of sp³-hybridized carbons (Fsp3) is 0.353. The van der Waals surface area contributed by atoms with Gasteiger partial charge in [-0.1, -0.05) is 0 Å². The molecular formula is C17H17F3N2O5S. The molecule has 1 aromatic heterocycles. The van der Waals surface area contributed by atoms with Crippen molar-refractivity contribution >= 4 is 15.8 Å². The number of hydrogen-bond donors (Lipinski definition) is 0. The molecule has 0 bridgehead atoms. The van der Waals surface area contributed by atoms with E-state index < -0.39 is 22.1 Å². The molecule has 0 amide bonds. The van der Waals surface area contributed by atoms with E-state index in [4.69, 9.17) is 4.42 Å². The lowest BCUT2D eigenvalue weighted by atomic mass is 10.2. The molecule has 11 heteroatoms. The van der Waals surface area contributed by atoms with E-state index in [1.165, 1.54) is 10.6 Å². The van der Waals surface area contributed by atoms with Gasteiger partial charge in [0.25, 0.3) is 0 Å². The Hall–Kier alpha value is -2.37. The second-order valence-electron chi connectivity index (χ2n) is 6.10. The first-order chi connectivity index (χ1) is 13.1. The van der Waals surface area contributed by atoms with Crippen molar-refractivity contribution in [2.75, 3.05) is 32.7 Å². The summed E-state index contributed by atoms with van der Waals surface area (Å²) in [4.78, 5) is 13.7. The fourth-order valence-electron chi connectivity index (χ4n) is 2.81. The molecular weight excluding hydrogens is 401 g/mol. The number of hydrogen-bond acceptors (Lipinski definition) is 6. The number of nitrogens with zero attached hydrogens (tertiary/aromatic N) is 2. The second kappa shape index (κ2) is 7.94. The van der Waals surface area contributed by atoms with E-state index in [1.54, 1.807) is 12.1 Å². The number of halogens is 3. The summed E-state index contributed by atoms with van der Waals surface area (Å²) in [7, 11) is -3.85. The topological polar surface area (TPSA) is 80.1 Å². The number of carbonyl (C=O) groups excluding carboxylic acids is 1. The Balaban J connectivity index is 1.59. The van der Waals surface area contributed by atoms with Gasteiger partial charge in [-0.25, -0.2) is 8.42 Å². The predicted octanol–water partition coefficient (Wildman–Crippen LogP) is 2.37. The smallest absolute Gasteiger partial charge is 0.461 e. The van der Waals surface area contributed by atoms with E-state index in [-0.39, 0.29) is 36.1 Å². The number of Topliss-reactive ketones (excluding diaryl/α,β-unsaturated/α-hetero) is 1. The summed E-state index contributed by atoms with van der Waals surface area (Å²) in [6.45, 7) is 1.13. The first-order valence-electron chi connectivity index (χ1n) is 8.30. The second-order valence-corrected chi connectivity index (χ2v) is 8.04. The third-order valence-electron chi connectivity index (χ3n) is 4.19. The lowest BCUT2D eigenvalue weighted by Gasteiger charge is -2.33. The summed E-state index contributed by atoms with van der Waals surface area (Å²) in [6, 6.07) is 7.24. The molecule has 28 heavy (non-hydrogen) atoms. The third-order valence-corrected chi connectivity index (χ3v) is 6.10. The number of ether oxygens (including phenoxy) is 1. The van der Waals surface area contributed by atoms with E-state index in [9.17, 15) is 26.4 Å². The van der Waals surface area contributed by atoms with Gasteiger partial charge in [0.1, 0.15) is 5.75 Å². The van der Waals surface area contributed by atoms with Crippen LogP contribution in [0, 0.1) is 0 Å². The molecule has 2 heterocycles. The standard InChI is InChI=1S/C17H17F3N2O5S/c18-17(19,20)27-13-3-5-14(6-4-13)28(24,25)22-9-7-21(8-10-22)12-15(23)16-2-1-11-26-16/h1-6,11H,7-10,12H2. The number of carbonyl (C=O) groups is 1.